The molecule has 0 aliphatic carbocycles. The van der Waals surface area contributed by atoms with Crippen LogP contribution in [0.5, 0.6) is 0 Å². The molecule has 6 nitrogen and oxygen atoms in total. The minimum Gasteiger partial charge on any atom is -0.388 e. The highest BCUT2D eigenvalue weighted by molar-refractivity contribution is 8.18. The van der Waals surface area contributed by atoms with Crippen molar-refractivity contribution >= 4 is 45.9 Å². The van der Waals surface area contributed by atoms with Crippen molar-refractivity contribution in [2.24, 2.45) is 0 Å². The fourth-order valence-electron chi connectivity index (χ4n) is 2.40. The molecule has 1 aliphatic rings. The molecule has 142 valence electrons. The molecular formula is C19H15FN4O2S2. The number of hydrogen-bond donors (Lipinski definition) is 1. The molecule has 0 atom stereocenters. The summed E-state index contributed by atoms with van der Waals surface area (Å²) in [6.45, 7) is 2.25. The van der Waals surface area contributed by atoms with Gasteiger partial charge in [0, 0.05) is 35.9 Å². The SMILES string of the molecule is Cc1csc(/C(C#N)=C/NCCN2C(=O)S/C(=C\c3ccccc3F)C2=O)n1. The third-order valence-corrected chi connectivity index (χ3v) is 5.66. The number of aromatic nitrogens is 1. The smallest absolute Gasteiger partial charge is 0.293 e. The van der Waals surface area contributed by atoms with E-state index in [1.807, 2.05) is 12.3 Å². The molecule has 1 aromatic carbocycles. The van der Waals surface area contributed by atoms with E-state index in [2.05, 4.69) is 16.4 Å². The fourth-order valence-corrected chi connectivity index (χ4v) is 4.02. The quantitative estimate of drug-likeness (QED) is 0.440. The zero-order chi connectivity index (χ0) is 20.1. The molecule has 0 spiro atoms. The van der Waals surface area contributed by atoms with Crippen molar-refractivity contribution in [3.05, 3.63) is 62.8 Å². The molecule has 1 fully saturated rings. The van der Waals surface area contributed by atoms with E-state index in [1.165, 1.54) is 29.7 Å². The average Bonchev–Trinajstić information content (AvgIpc) is 3.21. The molecule has 0 saturated carbocycles. The van der Waals surface area contributed by atoms with Crippen LogP contribution in [0.1, 0.15) is 16.3 Å². The summed E-state index contributed by atoms with van der Waals surface area (Å²) in [5.74, 6) is -0.914. The van der Waals surface area contributed by atoms with Crippen molar-refractivity contribution in [2.75, 3.05) is 13.1 Å². The summed E-state index contributed by atoms with van der Waals surface area (Å²) in [5, 5.41) is 14.2. The second-order valence-electron chi connectivity index (χ2n) is 5.77. The second kappa shape index (κ2) is 8.82. The van der Waals surface area contributed by atoms with E-state index in [4.69, 9.17) is 0 Å². The number of carbonyl (C=O) groups is 2. The number of rotatable bonds is 6. The Labute approximate surface area is 169 Å². The topological polar surface area (TPSA) is 86.1 Å². The summed E-state index contributed by atoms with van der Waals surface area (Å²) in [6.07, 6.45) is 2.90. The number of thioether (sulfide) groups is 1. The van der Waals surface area contributed by atoms with Crippen LogP contribution in [0.4, 0.5) is 9.18 Å². The molecule has 3 rings (SSSR count). The zero-order valence-electron chi connectivity index (χ0n) is 14.8. The summed E-state index contributed by atoms with van der Waals surface area (Å²) in [5.41, 5.74) is 1.47. The van der Waals surface area contributed by atoms with Gasteiger partial charge >= 0.3 is 0 Å². The predicted molar refractivity (Wildman–Crippen MR) is 108 cm³/mol. The number of halogens is 1. The van der Waals surface area contributed by atoms with E-state index in [1.54, 1.807) is 18.2 Å². The Morgan fingerprint density at radius 2 is 2.18 bits per heavy atom. The lowest BCUT2D eigenvalue weighted by Crippen LogP contribution is -2.34. The Balaban J connectivity index is 1.61. The summed E-state index contributed by atoms with van der Waals surface area (Å²) < 4.78 is 13.8. The number of nitrogens with zero attached hydrogens (tertiary/aromatic N) is 3. The van der Waals surface area contributed by atoms with Crippen LogP contribution in [0.15, 0.2) is 40.8 Å². The minimum absolute atomic E-state index is 0.130. The molecular weight excluding hydrogens is 399 g/mol. The highest BCUT2D eigenvalue weighted by atomic mass is 32.2. The molecule has 0 radical (unpaired) electrons. The van der Waals surface area contributed by atoms with Crippen LogP contribution < -0.4 is 5.32 Å². The van der Waals surface area contributed by atoms with Crippen LogP contribution in [0.3, 0.4) is 0 Å². The number of aryl methyl sites for hydroxylation is 1. The first kappa shape index (κ1) is 19.8. The summed E-state index contributed by atoms with van der Waals surface area (Å²) in [7, 11) is 0. The van der Waals surface area contributed by atoms with E-state index in [-0.39, 0.29) is 23.6 Å². The molecule has 0 unspecified atom stereocenters. The normalized spacial score (nSPS) is 16.0. The Morgan fingerprint density at radius 3 is 2.86 bits per heavy atom. The monoisotopic (exact) mass is 414 g/mol. The Hall–Kier alpha value is -2.96. The van der Waals surface area contributed by atoms with E-state index in [0.717, 1.165) is 22.4 Å². The summed E-state index contributed by atoms with van der Waals surface area (Å²) in [6, 6.07) is 8.12. The molecule has 1 N–H and O–H groups in total. The Bertz CT molecular complexity index is 1020. The number of nitriles is 1. The van der Waals surface area contributed by atoms with Gasteiger partial charge in [0.25, 0.3) is 11.1 Å². The lowest BCUT2D eigenvalue weighted by atomic mass is 10.2. The maximum Gasteiger partial charge on any atom is 0.293 e. The Kier molecular flexibility index (Phi) is 6.23. The molecule has 2 heterocycles. The maximum absolute atomic E-state index is 13.8. The van der Waals surface area contributed by atoms with Crippen molar-refractivity contribution in [3.8, 4) is 6.07 Å². The van der Waals surface area contributed by atoms with Gasteiger partial charge in [0.1, 0.15) is 22.5 Å². The lowest BCUT2D eigenvalue weighted by molar-refractivity contribution is -0.122. The standard InChI is InChI=1S/C19H15FN4O2S2/c1-12-11-27-17(23-12)14(9-21)10-22-6-7-24-18(25)16(28-19(24)26)8-13-4-2-3-5-15(13)20/h2-5,8,10-11,22H,6-7H2,1H3/b14-10+,16-8-. The first-order valence-electron chi connectivity index (χ1n) is 8.25. The van der Waals surface area contributed by atoms with Crippen molar-refractivity contribution in [1.29, 1.82) is 5.26 Å². The number of benzene rings is 1. The van der Waals surface area contributed by atoms with E-state index >= 15 is 0 Å². The number of thiazole rings is 1. The van der Waals surface area contributed by atoms with E-state index < -0.39 is 17.0 Å². The van der Waals surface area contributed by atoms with Crippen molar-refractivity contribution in [1.82, 2.24) is 15.2 Å². The Morgan fingerprint density at radius 1 is 1.39 bits per heavy atom. The van der Waals surface area contributed by atoms with Crippen LogP contribution in [0.25, 0.3) is 11.6 Å². The average molecular weight is 414 g/mol. The molecule has 1 aromatic heterocycles. The molecule has 9 heteroatoms. The minimum atomic E-state index is -0.458. The largest absolute Gasteiger partial charge is 0.388 e. The maximum atomic E-state index is 13.8. The molecule has 2 aromatic rings. The fraction of sp³-hybridized carbons (Fsp3) is 0.158. The highest BCUT2D eigenvalue weighted by Gasteiger charge is 2.34. The van der Waals surface area contributed by atoms with Crippen LogP contribution in [-0.2, 0) is 4.79 Å². The third kappa shape index (κ3) is 4.47. The van der Waals surface area contributed by atoms with Gasteiger partial charge in [0.05, 0.1) is 4.91 Å². The number of imide groups is 1. The van der Waals surface area contributed by atoms with E-state index in [0.29, 0.717) is 10.6 Å². The summed E-state index contributed by atoms with van der Waals surface area (Å²) >= 11 is 2.15. The number of hydrogen-bond acceptors (Lipinski definition) is 7. The van der Waals surface area contributed by atoms with Crippen LogP contribution in [0.2, 0.25) is 0 Å². The molecule has 28 heavy (non-hydrogen) atoms. The van der Waals surface area contributed by atoms with Crippen molar-refractivity contribution < 1.29 is 14.0 Å². The van der Waals surface area contributed by atoms with Gasteiger partial charge in [-0.2, -0.15) is 5.26 Å². The van der Waals surface area contributed by atoms with Gasteiger partial charge < -0.3 is 5.32 Å². The third-order valence-electron chi connectivity index (χ3n) is 3.76. The highest BCUT2D eigenvalue weighted by Crippen LogP contribution is 2.32. The first-order valence-corrected chi connectivity index (χ1v) is 9.95. The summed E-state index contributed by atoms with van der Waals surface area (Å²) in [4.78, 5) is 30.1. The van der Waals surface area contributed by atoms with Gasteiger partial charge in [-0.05, 0) is 30.8 Å². The van der Waals surface area contributed by atoms with Gasteiger partial charge in [-0.15, -0.1) is 11.3 Å². The zero-order valence-corrected chi connectivity index (χ0v) is 16.4. The molecule has 1 saturated heterocycles. The van der Waals surface area contributed by atoms with Gasteiger partial charge in [-0.1, -0.05) is 18.2 Å². The first-order chi connectivity index (χ1) is 13.5. The van der Waals surface area contributed by atoms with Gasteiger partial charge in [-0.25, -0.2) is 9.37 Å². The molecule has 1 aliphatic heterocycles. The van der Waals surface area contributed by atoms with Crippen LogP contribution >= 0.6 is 23.1 Å². The molecule has 2 amide bonds. The van der Waals surface area contributed by atoms with Gasteiger partial charge in [0.2, 0.25) is 0 Å². The van der Waals surface area contributed by atoms with Crippen LogP contribution in [-0.4, -0.2) is 34.1 Å². The number of allylic oxidation sites excluding steroid dienone is 1. The van der Waals surface area contributed by atoms with Gasteiger partial charge in [0.15, 0.2) is 0 Å². The number of amides is 2. The number of nitrogens with one attached hydrogen (secondary N) is 1. The predicted octanol–water partition coefficient (Wildman–Crippen LogP) is 3.78. The molecule has 0 bridgehead atoms. The van der Waals surface area contributed by atoms with Crippen LogP contribution in [0, 0.1) is 24.1 Å². The van der Waals surface area contributed by atoms with Crippen molar-refractivity contribution in [3.63, 3.8) is 0 Å². The lowest BCUT2D eigenvalue weighted by Gasteiger charge is -2.12. The number of carbonyl (C=O) groups excluding carboxylic acids is 2. The second-order valence-corrected chi connectivity index (χ2v) is 7.62. The van der Waals surface area contributed by atoms with E-state index in [9.17, 15) is 19.2 Å². The van der Waals surface area contributed by atoms with Gasteiger partial charge in [-0.3, -0.25) is 14.5 Å². The van der Waals surface area contributed by atoms with Crippen molar-refractivity contribution in [2.45, 2.75) is 6.92 Å².